The van der Waals surface area contributed by atoms with Crippen LogP contribution in [-0.2, 0) is 9.59 Å². The van der Waals surface area contributed by atoms with E-state index in [2.05, 4.69) is 9.97 Å². The van der Waals surface area contributed by atoms with Gasteiger partial charge in [0.25, 0.3) is 0 Å². The zero-order valence-electron chi connectivity index (χ0n) is 15.6. The number of hydrogen-bond donors (Lipinski definition) is 2. The van der Waals surface area contributed by atoms with E-state index in [4.69, 9.17) is 19.7 Å². The molecular formula is C20H18N2O6S2. The van der Waals surface area contributed by atoms with Crippen LogP contribution in [0.25, 0.3) is 0 Å². The third kappa shape index (κ3) is 9.80. The van der Waals surface area contributed by atoms with Gasteiger partial charge < -0.3 is 19.7 Å². The van der Waals surface area contributed by atoms with Gasteiger partial charge in [-0.15, -0.1) is 0 Å². The largest absolute Gasteiger partial charge is 0.482 e. The summed E-state index contributed by atoms with van der Waals surface area (Å²) in [6.45, 7) is -0.843. The molecule has 10 heteroatoms. The molecule has 0 saturated heterocycles. The van der Waals surface area contributed by atoms with E-state index in [1.54, 1.807) is 46.4 Å². The number of benzene rings is 1. The highest BCUT2D eigenvalue weighted by Gasteiger charge is 2.01. The zero-order chi connectivity index (χ0) is 21.6. The number of pyridine rings is 2. The Balaban J connectivity index is 0.000000215. The number of carboxylic acid groups (broad SMARTS) is 2. The molecule has 0 aliphatic rings. The van der Waals surface area contributed by atoms with Crippen LogP contribution in [0.4, 0.5) is 0 Å². The van der Waals surface area contributed by atoms with Crippen LogP contribution < -0.4 is 9.47 Å². The molecule has 30 heavy (non-hydrogen) atoms. The second-order valence-electron chi connectivity index (χ2n) is 5.37. The maximum Gasteiger partial charge on any atom is 0.341 e. The Labute approximate surface area is 180 Å². The van der Waals surface area contributed by atoms with Gasteiger partial charge in [0.05, 0.1) is 0 Å². The van der Waals surface area contributed by atoms with Crippen LogP contribution in [0, 0.1) is 0 Å². The molecule has 2 aromatic heterocycles. The van der Waals surface area contributed by atoms with Gasteiger partial charge in [-0.1, -0.05) is 21.6 Å². The van der Waals surface area contributed by atoms with Crippen LogP contribution in [0.5, 0.6) is 11.5 Å². The van der Waals surface area contributed by atoms with Gasteiger partial charge in [0.1, 0.15) is 11.5 Å². The number of carboxylic acids is 2. The van der Waals surface area contributed by atoms with E-state index in [0.29, 0.717) is 11.5 Å². The highest BCUT2D eigenvalue weighted by Crippen LogP contribution is 2.36. The first kappa shape index (κ1) is 23.0. The third-order valence-corrected chi connectivity index (χ3v) is 5.50. The first-order valence-electron chi connectivity index (χ1n) is 8.47. The molecule has 2 heterocycles. The first-order valence-corrected chi connectivity index (χ1v) is 10.6. The molecule has 0 aliphatic carbocycles. The third-order valence-electron chi connectivity index (χ3n) is 3.08. The lowest BCUT2D eigenvalue weighted by Gasteiger charge is -2.05. The standard InChI is InChI=1S/C10H8N2S2.C10H10O6/c1-5-11-6-2-9(1)13-14-10-3-7-12-8-4-10;11-9(12)5-15-7-1-2-8(4-3-7)16-6-10(13)14/h1-8H;1-4H,5-6H2,(H,11,12)(H,13,14). The average Bonchev–Trinajstić information content (AvgIpc) is 2.77. The molecule has 3 rings (SSSR count). The van der Waals surface area contributed by atoms with E-state index in [-0.39, 0.29) is 0 Å². The maximum atomic E-state index is 10.2. The number of rotatable bonds is 9. The Bertz CT molecular complexity index is 835. The highest BCUT2D eigenvalue weighted by molar-refractivity contribution is 8.76. The Morgan fingerprint density at radius 1 is 0.667 bits per heavy atom. The summed E-state index contributed by atoms with van der Waals surface area (Å²) < 4.78 is 9.75. The summed E-state index contributed by atoms with van der Waals surface area (Å²) in [6, 6.07) is 14.0. The van der Waals surface area contributed by atoms with Crippen molar-refractivity contribution >= 4 is 33.5 Å². The Morgan fingerprint density at radius 2 is 1.00 bits per heavy atom. The molecular weight excluding hydrogens is 428 g/mol. The second-order valence-corrected chi connectivity index (χ2v) is 7.64. The van der Waals surface area contributed by atoms with Gasteiger partial charge >= 0.3 is 11.9 Å². The Kier molecular flexibility index (Phi) is 10.0. The van der Waals surface area contributed by atoms with Gasteiger partial charge in [-0.3, -0.25) is 9.97 Å². The zero-order valence-corrected chi connectivity index (χ0v) is 17.2. The molecule has 0 fully saturated rings. The average molecular weight is 447 g/mol. The molecule has 1 aromatic carbocycles. The Hall–Kier alpha value is -3.24. The lowest BCUT2D eigenvalue weighted by atomic mass is 10.3. The van der Waals surface area contributed by atoms with Crippen LogP contribution in [0.15, 0.2) is 83.1 Å². The SMILES string of the molecule is O=C(O)COc1ccc(OCC(=O)O)cc1.c1cc(SSc2ccncc2)ccn1. The van der Waals surface area contributed by atoms with Crippen LogP contribution >= 0.6 is 21.6 Å². The molecule has 0 aliphatic heterocycles. The van der Waals surface area contributed by atoms with Crippen molar-refractivity contribution in [2.75, 3.05) is 13.2 Å². The minimum Gasteiger partial charge on any atom is -0.482 e. The van der Waals surface area contributed by atoms with Crippen LogP contribution in [0.1, 0.15) is 0 Å². The number of hydrogen-bond acceptors (Lipinski definition) is 8. The van der Waals surface area contributed by atoms with E-state index >= 15 is 0 Å². The summed E-state index contributed by atoms with van der Waals surface area (Å²) in [5.41, 5.74) is 0. The molecule has 8 nitrogen and oxygen atoms in total. The van der Waals surface area contributed by atoms with Gasteiger partial charge in [-0.05, 0) is 48.5 Å². The second kappa shape index (κ2) is 13.1. The van der Waals surface area contributed by atoms with Crippen molar-refractivity contribution in [2.45, 2.75) is 9.79 Å². The van der Waals surface area contributed by atoms with E-state index in [1.165, 1.54) is 34.1 Å². The van der Waals surface area contributed by atoms with E-state index in [0.717, 1.165) is 0 Å². The van der Waals surface area contributed by atoms with Gasteiger partial charge in [0.15, 0.2) is 13.2 Å². The topological polar surface area (TPSA) is 119 Å². The minimum atomic E-state index is -1.06. The summed E-state index contributed by atoms with van der Waals surface area (Å²) >= 11 is 0. The van der Waals surface area contributed by atoms with Crippen molar-refractivity contribution in [3.8, 4) is 11.5 Å². The van der Waals surface area contributed by atoms with Gasteiger partial charge in [0.2, 0.25) is 0 Å². The van der Waals surface area contributed by atoms with Crippen molar-refractivity contribution in [1.29, 1.82) is 0 Å². The van der Waals surface area contributed by atoms with Gasteiger partial charge in [-0.25, -0.2) is 9.59 Å². The molecule has 0 bridgehead atoms. The fourth-order valence-electron chi connectivity index (χ4n) is 1.81. The van der Waals surface area contributed by atoms with Crippen molar-refractivity contribution < 1.29 is 29.3 Å². The molecule has 0 amide bonds. The van der Waals surface area contributed by atoms with Crippen molar-refractivity contribution in [2.24, 2.45) is 0 Å². The smallest absolute Gasteiger partial charge is 0.341 e. The predicted molar refractivity (Wildman–Crippen MR) is 113 cm³/mol. The molecule has 0 spiro atoms. The molecule has 0 radical (unpaired) electrons. The first-order chi connectivity index (χ1) is 14.5. The predicted octanol–water partition coefficient (Wildman–Crippen LogP) is 3.89. The van der Waals surface area contributed by atoms with Crippen LogP contribution in [0.3, 0.4) is 0 Å². The quantitative estimate of drug-likeness (QED) is 0.469. The van der Waals surface area contributed by atoms with E-state index < -0.39 is 25.2 Å². The van der Waals surface area contributed by atoms with Gasteiger partial charge in [-0.2, -0.15) is 0 Å². The van der Waals surface area contributed by atoms with E-state index in [9.17, 15) is 9.59 Å². The van der Waals surface area contributed by atoms with Crippen molar-refractivity contribution in [3.05, 3.63) is 73.3 Å². The number of aliphatic carboxylic acids is 2. The van der Waals surface area contributed by atoms with Crippen LogP contribution in [-0.4, -0.2) is 45.3 Å². The number of nitrogens with zero attached hydrogens (tertiary/aromatic N) is 2. The number of carbonyl (C=O) groups is 2. The molecule has 0 saturated carbocycles. The molecule has 0 unspecified atom stereocenters. The number of ether oxygens (including phenoxy) is 2. The fraction of sp³-hybridized carbons (Fsp3) is 0.100. The lowest BCUT2D eigenvalue weighted by Crippen LogP contribution is -2.10. The monoisotopic (exact) mass is 446 g/mol. The molecule has 3 aromatic rings. The lowest BCUT2D eigenvalue weighted by molar-refractivity contribution is -0.140. The summed E-state index contributed by atoms with van der Waals surface area (Å²) in [6.07, 6.45) is 7.20. The number of aromatic nitrogens is 2. The Morgan fingerprint density at radius 3 is 1.30 bits per heavy atom. The summed E-state index contributed by atoms with van der Waals surface area (Å²) in [4.78, 5) is 30.8. The molecule has 0 atom stereocenters. The van der Waals surface area contributed by atoms with Crippen molar-refractivity contribution in [1.82, 2.24) is 9.97 Å². The molecule has 2 N–H and O–H groups in total. The van der Waals surface area contributed by atoms with Crippen LogP contribution in [0.2, 0.25) is 0 Å². The highest BCUT2D eigenvalue weighted by atomic mass is 33.1. The normalized spacial score (nSPS) is 9.73. The maximum absolute atomic E-state index is 10.2. The van der Waals surface area contributed by atoms with Gasteiger partial charge in [0, 0.05) is 34.6 Å². The molecule has 156 valence electrons. The summed E-state index contributed by atoms with van der Waals surface area (Å²) in [7, 11) is 3.44. The summed E-state index contributed by atoms with van der Waals surface area (Å²) in [5, 5.41) is 16.7. The van der Waals surface area contributed by atoms with E-state index in [1.807, 2.05) is 24.3 Å². The summed E-state index contributed by atoms with van der Waals surface area (Å²) in [5.74, 6) is -1.37. The van der Waals surface area contributed by atoms with Crippen molar-refractivity contribution in [3.63, 3.8) is 0 Å². The fourth-order valence-corrected chi connectivity index (χ4v) is 3.71. The minimum absolute atomic E-state index is 0.380.